The van der Waals surface area contributed by atoms with E-state index in [2.05, 4.69) is 43.4 Å². The van der Waals surface area contributed by atoms with E-state index in [0.29, 0.717) is 12.2 Å². The number of fused-ring (bicyclic) bond motifs is 1. The molecule has 1 amide bonds. The second-order valence-electron chi connectivity index (χ2n) is 9.60. The van der Waals surface area contributed by atoms with E-state index in [0.717, 1.165) is 53.1 Å². The minimum atomic E-state index is -0.360. The van der Waals surface area contributed by atoms with E-state index in [4.69, 9.17) is 9.47 Å². The second-order valence-corrected chi connectivity index (χ2v) is 9.60. The molecule has 2 atom stereocenters. The van der Waals surface area contributed by atoms with E-state index in [1.165, 1.54) is 13.5 Å². The van der Waals surface area contributed by atoms with Gasteiger partial charge in [0.15, 0.2) is 0 Å². The first-order valence-electron chi connectivity index (χ1n) is 13.0. The summed E-state index contributed by atoms with van der Waals surface area (Å²) in [7, 11) is 1.38. The molecular weight excluding hydrogens is 464 g/mol. The van der Waals surface area contributed by atoms with Crippen molar-refractivity contribution in [2.45, 2.75) is 58.5 Å². The van der Waals surface area contributed by atoms with Crippen molar-refractivity contribution < 1.29 is 19.1 Å². The Morgan fingerprint density at radius 1 is 1.00 bits per heavy atom. The molecule has 3 aromatic carbocycles. The Hall–Kier alpha value is -3.80. The van der Waals surface area contributed by atoms with Crippen LogP contribution in [0, 0.1) is 0 Å². The Balaban J connectivity index is 1.64. The van der Waals surface area contributed by atoms with E-state index < -0.39 is 0 Å². The summed E-state index contributed by atoms with van der Waals surface area (Å²) in [6.45, 7) is 6.59. The molecule has 6 heteroatoms. The highest BCUT2D eigenvalue weighted by molar-refractivity contribution is 5.94. The summed E-state index contributed by atoms with van der Waals surface area (Å²) in [5.74, 6) is 0.539. The van der Waals surface area contributed by atoms with Gasteiger partial charge in [-0.15, -0.1) is 0 Å². The van der Waals surface area contributed by atoms with Gasteiger partial charge in [-0.2, -0.15) is 0 Å². The molecule has 0 saturated carbocycles. The zero-order valence-electron chi connectivity index (χ0n) is 22.1. The molecular formula is C31H36N2O4. The highest BCUT2D eigenvalue weighted by Gasteiger charge is 2.32. The van der Waals surface area contributed by atoms with Gasteiger partial charge in [-0.25, -0.2) is 4.79 Å². The average molecular weight is 501 g/mol. The Morgan fingerprint density at radius 3 is 2.46 bits per heavy atom. The molecule has 1 aliphatic rings. The Bertz CT molecular complexity index is 1240. The maximum atomic E-state index is 12.6. The number of nitrogens with zero attached hydrogens (tertiary/aromatic N) is 1. The number of hydrogen-bond acceptors (Lipinski definition) is 5. The van der Waals surface area contributed by atoms with Gasteiger partial charge < -0.3 is 19.7 Å². The fraction of sp³-hybridized carbons (Fsp3) is 0.355. The third-order valence-corrected chi connectivity index (χ3v) is 6.85. The van der Waals surface area contributed by atoms with Gasteiger partial charge in [0.25, 0.3) is 0 Å². The summed E-state index contributed by atoms with van der Waals surface area (Å²) in [4.78, 5) is 26.3. The number of esters is 1. The number of hydrogen-bond donors (Lipinski definition) is 1. The molecule has 37 heavy (non-hydrogen) atoms. The van der Waals surface area contributed by atoms with Crippen molar-refractivity contribution >= 4 is 23.3 Å². The van der Waals surface area contributed by atoms with E-state index >= 15 is 0 Å². The summed E-state index contributed by atoms with van der Waals surface area (Å²) in [6.07, 6.45) is 4.14. The lowest BCUT2D eigenvalue weighted by Crippen LogP contribution is -2.43. The summed E-state index contributed by atoms with van der Waals surface area (Å²) in [6, 6.07) is 21.8. The number of carbonyl (C=O) groups excluding carboxylic acids is 2. The number of methoxy groups -OCH3 is 1. The molecule has 0 bridgehead atoms. The van der Waals surface area contributed by atoms with Crippen LogP contribution in [0.2, 0.25) is 0 Å². The molecule has 1 aliphatic heterocycles. The fourth-order valence-corrected chi connectivity index (χ4v) is 4.99. The molecule has 1 N–H and O–H groups in total. The number of unbranched alkanes of at least 4 members (excludes halogenated alkanes) is 2. The number of carbonyl (C=O) groups is 2. The van der Waals surface area contributed by atoms with Crippen LogP contribution in [0.1, 0.15) is 68.4 Å². The van der Waals surface area contributed by atoms with Gasteiger partial charge in [0, 0.05) is 24.3 Å². The predicted octanol–water partition coefficient (Wildman–Crippen LogP) is 7.01. The van der Waals surface area contributed by atoms with Crippen molar-refractivity contribution in [3.05, 3.63) is 77.9 Å². The van der Waals surface area contributed by atoms with Crippen LogP contribution >= 0.6 is 0 Å². The first kappa shape index (κ1) is 26.3. The topological polar surface area (TPSA) is 67.9 Å². The molecule has 0 aromatic heterocycles. The predicted molar refractivity (Wildman–Crippen MR) is 148 cm³/mol. The van der Waals surface area contributed by atoms with Crippen LogP contribution in [0.25, 0.3) is 11.1 Å². The van der Waals surface area contributed by atoms with Crippen LogP contribution in [0.15, 0.2) is 66.7 Å². The van der Waals surface area contributed by atoms with Crippen LogP contribution in [0.4, 0.5) is 11.4 Å². The van der Waals surface area contributed by atoms with E-state index in [9.17, 15) is 9.59 Å². The zero-order chi connectivity index (χ0) is 26.4. The minimum absolute atomic E-state index is 0.00185. The van der Waals surface area contributed by atoms with E-state index in [-0.39, 0.29) is 24.0 Å². The first-order chi connectivity index (χ1) is 17.9. The van der Waals surface area contributed by atoms with Gasteiger partial charge in [-0.3, -0.25) is 4.79 Å². The number of rotatable bonds is 9. The fourth-order valence-electron chi connectivity index (χ4n) is 4.99. The average Bonchev–Trinajstić information content (AvgIpc) is 2.91. The third-order valence-electron chi connectivity index (χ3n) is 6.85. The van der Waals surface area contributed by atoms with Crippen molar-refractivity contribution in [3.63, 3.8) is 0 Å². The van der Waals surface area contributed by atoms with Gasteiger partial charge in [0.2, 0.25) is 5.91 Å². The Kier molecular flexibility index (Phi) is 8.49. The van der Waals surface area contributed by atoms with Crippen LogP contribution in [-0.2, 0) is 9.53 Å². The largest absolute Gasteiger partial charge is 0.494 e. The second kappa shape index (κ2) is 12.0. The van der Waals surface area contributed by atoms with E-state index in [1.54, 1.807) is 19.1 Å². The van der Waals surface area contributed by atoms with Crippen LogP contribution in [-0.4, -0.2) is 31.6 Å². The van der Waals surface area contributed by atoms with Crippen molar-refractivity contribution in [1.29, 1.82) is 0 Å². The molecule has 0 fully saturated rings. The summed E-state index contributed by atoms with van der Waals surface area (Å²) < 4.78 is 10.8. The van der Waals surface area contributed by atoms with Crippen LogP contribution < -0.4 is 15.0 Å². The summed E-state index contributed by atoms with van der Waals surface area (Å²) >= 11 is 0. The lowest BCUT2D eigenvalue weighted by Gasteiger charge is -2.39. The maximum Gasteiger partial charge on any atom is 0.337 e. The van der Waals surface area contributed by atoms with Gasteiger partial charge in [-0.05, 0) is 85.0 Å². The lowest BCUT2D eigenvalue weighted by atomic mass is 9.89. The molecule has 0 saturated heterocycles. The normalized spacial score (nSPS) is 16.6. The van der Waals surface area contributed by atoms with Gasteiger partial charge in [0.05, 0.1) is 25.3 Å². The third kappa shape index (κ3) is 6.13. The maximum absolute atomic E-state index is 12.6. The zero-order valence-corrected chi connectivity index (χ0v) is 22.1. The molecule has 0 radical (unpaired) electrons. The first-order valence-corrected chi connectivity index (χ1v) is 13.0. The number of amides is 1. The monoisotopic (exact) mass is 500 g/mol. The standard InChI is InChI=1S/C31H36N2O4/c1-5-6-7-17-37-27-10-8-9-24(19-27)25-13-16-30-28(20-25)29(18-21(2)33(30)22(3)34)32-26-14-11-23(12-15-26)31(35)36-4/h8-16,19-21,29,32H,5-7,17-18H2,1-4H3/t21-,29+/m0/s1. The van der Waals surface area contributed by atoms with Crippen LogP contribution in [0.5, 0.6) is 5.75 Å². The highest BCUT2D eigenvalue weighted by atomic mass is 16.5. The summed E-state index contributed by atoms with van der Waals surface area (Å²) in [5, 5.41) is 3.63. The molecule has 3 aromatic rings. The quantitative estimate of drug-likeness (QED) is 0.253. The smallest absolute Gasteiger partial charge is 0.337 e. The highest BCUT2D eigenvalue weighted by Crippen LogP contribution is 2.41. The molecule has 194 valence electrons. The van der Waals surface area contributed by atoms with E-state index in [1.807, 2.05) is 35.2 Å². The summed E-state index contributed by atoms with van der Waals surface area (Å²) in [5.41, 5.74) is 5.55. The Labute approximate surface area is 219 Å². The van der Waals surface area contributed by atoms with Gasteiger partial charge in [-0.1, -0.05) is 38.0 Å². The molecule has 1 heterocycles. The van der Waals surface area contributed by atoms with Crippen molar-refractivity contribution in [3.8, 4) is 16.9 Å². The van der Waals surface area contributed by atoms with Crippen molar-refractivity contribution in [2.75, 3.05) is 23.9 Å². The number of ether oxygens (including phenoxy) is 2. The Morgan fingerprint density at radius 2 is 1.76 bits per heavy atom. The SMILES string of the molecule is CCCCCOc1cccc(-c2ccc3c(c2)[C@H](Nc2ccc(C(=O)OC)cc2)C[C@H](C)N3C(C)=O)c1. The molecule has 0 aliphatic carbocycles. The molecule has 0 unspecified atom stereocenters. The number of benzene rings is 3. The van der Waals surface area contributed by atoms with Crippen molar-refractivity contribution in [1.82, 2.24) is 0 Å². The van der Waals surface area contributed by atoms with Crippen LogP contribution in [0.3, 0.4) is 0 Å². The molecule has 6 nitrogen and oxygen atoms in total. The van der Waals surface area contributed by atoms with Gasteiger partial charge >= 0.3 is 5.97 Å². The van der Waals surface area contributed by atoms with Crippen molar-refractivity contribution in [2.24, 2.45) is 0 Å². The number of anilines is 2. The molecule has 0 spiro atoms. The number of nitrogens with one attached hydrogen (secondary N) is 1. The van der Waals surface area contributed by atoms with Gasteiger partial charge in [0.1, 0.15) is 5.75 Å². The lowest BCUT2D eigenvalue weighted by molar-refractivity contribution is -0.117. The minimum Gasteiger partial charge on any atom is -0.494 e. The molecule has 4 rings (SSSR count).